The Kier molecular flexibility index (Phi) is 5.12. The number of carbonyl (C=O) groups excluding carboxylic acids is 1. The average molecular weight is 384 g/mol. The standard InChI is InChI=1S/C15H20N4O6S/c1-12-10-17(11-18(12)15(20)16-5-7-25-8-6-16)26(23,24)14-4-2-3-13(9-14)19(21)22/h2-4,9,12H,5-8,10-11H2,1H3/t12-/m0/s1. The molecule has 3 rings (SSSR count). The number of hydrogen-bond donors (Lipinski definition) is 0. The Hall–Kier alpha value is -2.24. The van der Waals surface area contributed by atoms with Crippen LogP contribution in [0.1, 0.15) is 6.92 Å². The third kappa shape index (κ3) is 3.50. The molecule has 2 amide bonds. The minimum atomic E-state index is -3.93. The number of amides is 2. The van der Waals surface area contributed by atoms with E-state index in [1.807, 2.05) is 0 Å². The normalized spacial score (nSPS) is 21.8. The first kappa shape index (κ1) is 18.5. The van der Waals surface area contributed by atoms with E-state index in [-0.39, 0.29) is 35.9 Å². The van der Waals surface area contributed by atoms with Gasteiger partial charge in [-0.3, -0.25) is 10.1 Å². The van der Waals surface area contributed by atoms with Gasteiger partial charge in [-0.15, -0.1) is 0 Å². The molecule has 2 fully saturated rings. The van der Waals surface area contributed by atoms with Gasteiger partial charge in [0.05, 0.1) is 29.7 Å². The highest BCUT2D eigenvalue weighted by Crippen LogP contribution is 2.25. The maximum Gasteiger partial charge on any atom is 0.321 e. The summed E-state index contributed by atoms with van der Waals surface area (Å²) in [7, 11) is -3.93. The summed E-state index contributed by atoms with van der Waals surface area (Å²) in [5.74, 6) is 0. The first-order valence-corrected chi connectivity index (χ1v) is 9.62. The molecule has 142 valence electrons. The number of morpholine rings is 1. The Balaban J connectivity index is 1.78. The number of urea groups is 1. The molecule has 2 heterocycles. The number of hydrogen-bond acceptors (Lipinski definition) is 6. The molecule has 2 aliphatic rings. The van der Waals surface area contributed by atoms with Crippen molar-refractivity contribution in [3.63, 3.8) is 0 Å². The van der Waals surface area contributed by atoms with Crippen molar-refractivity contribution >= 4 is 21.7 Å². The third-order valence-corrected chi connectivity index (χ3v) is 6.30. The van der Waals surface area contributed by atoms with Crippen LogP contribution in [0, 0.1) is 10.1 Å². The molecule has 11 heteroatoms. The van der Waals surface area contributed by atoms with Crippen LogP contribution in [0.2, 0.25) is 0 Å². The molecule has 2 aliphatic heterocycles. The molecule has 1 atom stereocenters. The minimum Gasteiger partial charge on any atom is -0.378 e. The summed E-state index contributed by atoms with van der Waals surface area (Å²) >= 11 is 0. The lowest BCUT2D eigenvalue weighted by atomic mass is 10.3. The molecule has 0 aliphatic carbocycles. The fraction of sp³-hybridized carbons (Fsp3) is 0.533. The summed E-state index contributed by atoms with van der Waals surface area (Å²) in [5, 5.41) is 10.9. The van der Waals surface area contributed by atoms with Gasteiger partial charge in [0.1, 0.15) is 0 Å². The molecule has 26 heavy (non-hydrogen) atoms. The van der Waals surface area contributed by atoms with E-state index in [1.54, 1.807) is 11.8 Å². The first-order valence-electron chi connectivity index (χ1n) is 8.18. The summed E-state index contributed by atoms with van der Waals surface area (Å²) in [4.78, 5) is 25.9. The second-order valence-electron chi connectivity index (χ2n) is 6.24. The van der Waals surface area contributed by atoms with Crippen LogP contribution in [-0.2, 0) is 14.8 Å². The largest absolute Gasteiger partial charge is 0.378 e. The van der Waals surface area contributed by atoms with E-state index in [0.717, 1.165) is 6.07 Å². The predicted octanol–water partition coefficient (Wildman–Crippen LogP) is 0.699. The van der Waals surface area contributed by atoms with Crippen LogP contribution in [-0.4, -0.2) is 79.0 Å². The maximum absolute atomic E-state index is 12.8. The van der Waals surface area contributed by atoms with Gasteiger partial charge in [-0.1, -0.05) is 6.07 Å². The topological polar surface area (TPSA) is 113 Å². The lowest BCUT2D eigenvalue weighted by molar-refractivity contribution is -0.385. The molecule has 10 nitrogen and oxygen atoms in total. The van der Waals surface area contributed by atoms with Crippen molar-refractivity contribution < 1.29 is 22.9 Å². The second kappa shape index (κ2) is 7.17. The Bertz CT molecular complexity index is 808. The summed E-state index contributed by atoms with van der Waals surface area (Å²) < 4.78 is 32.1. The number of non-ortho nitro benzene ring substituents is 1. The lowest BCUT2D eigenvalue weighted by Crippen LogP contribution is -2.49. The first-order chi connectivity index (χ1) is 12.3. The number of rotatable bonds is 3. The van der Waals surface area contributed by atoms with Crippen molar-refractivity contribution in [3.05, 3.63) is 34.4 Å². The molecule has 1 aromatic carbocycles. The van der Waals surface area contributed by atoms with Crippen LogP contribution in [0.5, 0.6) is 0 Å². The quantitative estimate of drug-likeness (QED) is 0.560. The smallest absolute Gasteiger partial charge is 0.321 e. The molecule has 0 bridgehead atoms. The van der Waals surface area contributed by atoms with Gasteiger partial charge < -0.3 is 14.5 Å². The molecular weight excluding hydrogens is 364 g/mol. The van der Waals surface area contributed by atoms with Crippen molar-refractivity contribution in [2.45, 2.75) is 17.9 Å². The summed E-state index contributed by atoms with van der Waals surface area (Å²) in [5.41, 5.74) is -0.292. The molecule has 1 aromatic rings. The average Bonchev–Trinajstić information content (AvgIpc) is 3.04. The van der Waals surface area contributed by atoms with Crippen LogP contribution in [0.4, 0.5) is 10.5 Å². The van der Waals surface area contributed by atoms with Crippen molar-refractivity contribution in [2.75, 3.05) is 39.5 Å². The van der Waals surface area contributed by atoms with E-state index in [4.69, 9.17) is 4.74 Å². The fourth-order valence-corrected chi connectivity index (χ4v) is 4.53. The van der Waals surface area contributed by atoms with Gasteiger partial charge in [0.25, 0.3) is 5.69 Å². The van der Waals surface area contributed by atoms with Gasteiger partial charge in [-0.25, -0.2) is 13.2 Å². The van der Waals surface area contributed by atoms with E-state index in [0.29, 0.717) is 26.3 Å². The zero-order chi connectivity index (χ0) is 18.9. The number of nitro groups is 1. The third-order valence-electron chi connectivity index (χ3n) is 4.50. The minimum absolute atomic E-state index is 0.0810. The van der Waals surface area contributed by atoms with Gasteiger partial charge in [0, 0.05) is 37.8 Å². The Morgan fingerprint density at radius 2 is 2.00 bits per heavy atom. The molecule has 0 saturated carbocycles. The summed E-state index contributed by atoms with van der Waals surface area (Å²) in [6, 6.07) is 4.41. The monoisotopic (exact) mass is 384 g/mol. The molecule has 0 N–H and O–H groups in total. The number of carbonyl (C=O) groups is 1. The van der Waals surface area contributed by atoms with Crippen molar-refractivity contribution in [1.29, 1.82) is 0 Å². The van der Waals surface area contributed by atoms with Gasteiger partial charge in [0.2, 0.25) is 10.0 Å². The number of sulfonamides is 1. The zero-order valence-corrected chi connectivity index (χ0v) is 15.1. The fourth-order valence-electron chi connectivity index (χ4n) is 3.03. The number of ether oxygens (including phenoxy) is 1. The number of nitrogens with zero attached hydrogens (tertiary/aromatic N) is 4. The SMILES string of the molecule is C[C@H]1CN(S(=O)(=O)c2cccc([N+](=O)[O-])c2)CN1C(=O)N1CCOCC1. The van der Waals surface area contributed by atoms with Crippen LogP contribution < -0.4 is 0 Å². The van der Waals surface area contributed by atoms with Crippen molar-refractivity contribution in [2.24, 2.45) is 0 Å². The molecule has 0 spiro atoms. The Morgan fingerprint density at radius 1 is 1.31 bits per heavy atom. The van der Waals surface area contributed by atoms with Gasteiger partial charge in [0.15, 0.2) is 0 Å². The molecule has 0 aromatic heterocycles. The predicted molar refractivity (Wildman–Crippen MR) is 90.9 cm³/mol. The maximum atomic E-state index is 12.8. The highest BCUT2D eigenvalue weighted by molar-refractivity contribution is 7.89. The highest BCUT2D eigenvalue weighted by Gasteiger charge is 2.40. The zero-order valence-electron chi connectivity index (χ0n) is 14.3. The van der Waals surface area contributed by atoms with Crippen LogP contribution >= 0.6 is 0 Å². The van der Waals surface area contributed by atoms with Crippen LogP contribution in [0.3, 0.4) is 0 Å². The number of benzene rings is 1. The Morgan fingerprint density at radius 3 is 2.65 bits per heavy atom. The molecule has 2 saturated heterocycles. The Labute approximate surface area is 151 Å². The molecule has 0 unspecified atom stereocenters. The van der Waals surface area contributed by atoms with Gasteiger partial charge in [-0.2, -0.15) is 4.31 Å². The summed E-state index contributed by atoms with van der Waals surface area (Å²) in [6.45, 7) is 3.71. The summed E-state index contributed by atoms with van der Waals surface area (Å²) in [6.07, 6.45) is 0. The van der Waals surface area contributed by atoms with Crippen LogP contribution in [0.25, 0.3) is 0 Å². The van der Waals surface area contributed by atoms with Gasteiger partial charge in [-0.05, 0) is 13.0 Å². The lowest BCUT2D eigenvalue weighted by Gasteiger charge is -2.32. The van der Waals surface area contributed by atoms with Crippen molar-refractivity contribution in [3.8, 4) is 0 Å². The van der Waals surface area contributed by atoms with Gasteiger partial charge >= 0.3 is 6.03 Å². The second-order valence-corrected chi connectivity index (χ2v) is 8.17. The highest BCUT2D eigenvalue weighted by atomic mass is 32.2. The van der Waals surface area contributed by atoms with E-state index in [2.05, 4.69) is 0 Å². The van der Waals surface area contributed by atoms with E-state index in [1.165, 1.54) is 27.4 Å². The molecule has 0 radical (unpaired) electrons. The van der Waals surface area contributed by atoms with E-state index < -0.39 is 14.9 Å². The molecular formula is C15H20N4O6S. The van der Waals surface area contributed by atoms with E-state index >= 15 is 0 Å². The van der Waals surface area contributed by atoms with Crippen molar-refractivity contribution in [1.82, 2.24) is 14.1 Å². The number of nitro benzene ring substituents is 1. The van der Waals surface area contributed by atoms with Crippen LogP contribution in [0.15, 0.2) is 29.2 Å². The van der Waals surface area contributed by atoms with E-state index in [9.17, 15) is 23.3 Å².